The van der Waals surface area contributed by atoms with Crippen LogP contribution >= 0.6 is 22.9 Å². The Labute approximate surface area is 124 Å². The molecule has 2 heterocycles. The number of thiophene rings is 1. The van der Waals surface area contributed by atoms with E-state index in [0.717, 1.165) is 16.3 Å². The number of allylic oxidation sites excluding steroid dienone is 2. The normalized spacial score (nSPS) is 34.8. The Balaban J connectivity index is 1.60. The summed E-state index contributed by atoms with van der Waals surface area (Å²) in [5.41, 5.74) is 0. The highest BCUT2D eigenvalue weighted by molar-refractivity contribution is 7.17. The van der Waals surface area contributed by atoms with E-state index in [1.807, 2.05) is 6.07 Å². The van der Waals surface area contributed by atoms with Crippen LogP contribution in [-0.2, 0) is 9.59 Å². The third kappa shape index (κ3) is 1.63. The zero-order valence-electron chi connectivity index (χ0n) is 10.4. The third-order valence-corrected chi connectivity index (χ3v) is 5.51. The minimum absolute atomic E-state index is 0.157. The number of halogens is 1. The van der Waals surface area contributed by atoms with Crippen LogP contribution in [0.1, 0.15) is 11.3 Å². The summed E-state index contributed by atoms with van der Waals surface area (Å²) in [5, 5.41) is 5.13. The van der Waals surface area contributed by atoms with Crippen molar-refractivity contribution in [2.75, 3.05) is 0 Å². The van der Waals surface area contributed by atoms with Crippen molar-refractivity contribution >= 4 is 41.0 Å². The lowest BCUT2D eigenvalue weighted by atomic mass is 9.85. The minimum atomic E-state index is -0.193. The van der Waals surface area contributed by atoms with E-state index in [0.29, 0.717) is 4.34 Å². The molecular formula is C14H11ClN2O2S. The number of nitrogens with zero attached hydrogens (tertiary/aromatic N) is 2. The zero-order chi connectivity index (χ0) is 13.9. The van der Waals surface area contributed by atoms with Crippen LogP contribution in [0.25, 0.3) is 0 Å². The molecule has 1 aliphatic heterocycles. The second-order valence-corrected chi connectivity index (χ2v) is 7.12. The molecule has 4 unspecified atom stereocenters. The van der Waals surface area contributed by atoms with E-state index in [1.54, 1.807) is 6.07 Å². The number of hydrazone groups is 1. The topological polar surface area (TPSA) is 49.7 Å². The third-order valence-electron chi connectivity index (χ3n) is 4.34. The molecule has 6 heteroatoms. The van der Waals surface area contributed by atoms with Gasteiger partial charge in [-0.3, -0.25) is 9.59 Å². The van der Waals surface area contributed by atoms with Crippen LogP contribution in [0.15, 0.2) is 29.4 Å². The molecule has 4 atom stereocenters. The lowest BCUT2D eigenvalue weighted by molar-refractivity contribution is -0.140. The van der Waals surface area contributed by atoms with E-state index in [9.17, 15) is 9.59 Å². The van der Waals surface area contributed by atoms with Crippen molar-refractivity contribution in [3.8, 4) is 0 Å². The van der Waals surface area contributed by atoms with Gasteiger partial charge in [0, 0.05) is 4.88 Å². The summed E-state index contributed by atoms with van der Waals surface area (Å²) in [6.45, 7) is 0. The fourth-order valence-electron chi connectivity index (χ4n) is 3.51. The molecule has 0 spiro atoms. The molecule has 3 aliphatic rings. The van der Waals surface area contributed by atoms with Crippen LogP contribution in [0.5, 0.6) is 0 Å². The first-order chi connectivity index (χ1) is 9.65. The number of fused-ring (bicyclic) bond motifs is 5. The summed E-state index contributed by atoms with van der Waals surface area (Å²) in [4.78, 5) is 25.5. The number of hydrogen-bond acceptors (Lipinski definition) is 4. The van der Waals surface area contributed by atoms with E-state index in [2.05, 4.69) is 17.3 Å². The Morgan fingerprint density at radius 3 is 2.40 bits per heavy atom. The molecular weight excluding hydrogens is 296 g/mol. The van der Waals surface area contributed by atoms with Crippen LogP contribution in [0.3, 0.4) is 0 Å². The fraction of sp³-hybridized carbons (Fsp3) is 0.357. The van der Waals surface area contributed by atoms with Crippen LogP contribution in [0.4, 0.5) is 0 Å². The molecule has 1 saturated carbocycles. The van der Waals surface area contributed by atoms with Crippen LogP contribution in [-0.4, -0.2) is 23.0 Å². The second-order valence-electron chi connectivity index (χ2n) is 5.37. The van der Waals surface area contributed by atoms with Gasteiger partial charge in [0.05, 0.1) is 22.4 Å². The van der Waals surface area contributed by atoms with Gasteiger partial charge in [-0.05, 0) is 30.4 Å². The van der Waals surface area contributed by atoms with Gasteiger partial charge in [-0.25, -0.2) is 0 Å². The Kier molecular flexibility index (Phi) is 2.62. The van der Waals surface area contributed by atoms with Crippen molar-refractivity contribution in [1.29, 1.82) is 0 Å². The van der Waals surface area contributed by atoms with Gasteiger partial charge in [0.2, 0.25) is 0 Å². The highest BCUT2D eigenvalue weighted by atomic mass is 35.5. The maximum Gasteiger partial charge on any atom is 0.254 e. The van der Waals surface area contributed by atoms with Crippen LogP contribution in [0, 0.1) is 23.7 Å². The summed E-state index contributed by atoms with van der Waals surface area (Å²) in [5.74, 6) is -0.259. The Hall–Kier alpha value is -1.46. The Morgan fingerprint density at radius 1 is 1.20 bits per heavy atom. The van der Waals surface area contributed by atoms with Gasteiger partial charge >= 0.3 is 0 Å². The number of rotatable bonds is 2. The van der Waals surface area contributed by atoms with Gasteiger partial charge < -0.3 is 0 Å². The van der Waals surface area contributed by atoms with E-state index in [-0.39, 0.29) is 35.5 Å². The van der Waals surface area contributed by atoms with Gasteiger partial charge in [0.25, 0.3) is 11.8 Å². The van der Waals surface area contributed by atoms with Crippen molar-refractivity contribution in [2.45, 2.75) is 6.42 Å². The first-order valence-corrected chi connectivity index (χ1v) is 7.70. The molecule has 2 amide bonds. The van der Waals surface area contributed by atoms with Gasteiger partial charge in [0.1, 0.15) is 0 Å². The molecule has 2 fully saturated rings. The average molecular weight is 307 g/mol. The fourth-order valence-corrected chi connectivity index (χ4v) is 4.44. The van der Waals surface area contributed by atoms with Gasteiger partial charge in [-0.1, -0.05) is 23.8 Å². The smallest absolute Gasteiger partial charge is 0.254 e. The molecule has 1 aromatic rings. The number of hydrogen-bond donors (Lipinski definition) is 0. The molecule has 1 saturated heterocycles. The maximum absolute atomic E-state index is 12.3. The SMILES string of the molecule is O=C1C2C3C=CC(C3)C2C(=O)N1N=Cc1ccc(Cl)s1. The molecule has 2 aliphatic carbocycles. The number of amides is 2. The van der Waals surface area contributed by atoms with E-state index >= 15 is 0 Å². The average Bonchev–Trinajstić information content (AvgIpc) is 3.15. The molecule has 0 N–H and O–H groups in total. The predicted octanol–water partition coefficient (Wildman–Crippen LogP) is 2.54. The monoisotopic (exact) mass is 306 g/mol. The van der Waals surface area contributed by atoms with Crippen molar-refractivity contribution in [3.63, 3.8) is 0 Å². The summed E-state index contributed by atoms with van der Waals surface area (Å²) >= 11 is 7.20. The molecule has 0 radical (unpaired) electrons. The summed E-state index contributed by atoms with van der Waals surface area (Å²) in [6.07, 6.45) is 6.61. The summed E-state index contributed by atoms with van der Waals surface area (Å²) in [7, 11) is 0. The molecule has 4 rings (SSSR count). The molecule has 20 heavy (non-hydrogen) atoms. The van der Waals surface area contributed by atoms with Gasteiger partial charge in [-0.2, -0.15) is 10.1 Å². The second kappa shape index (κ2) is 4.27. The Bertz CT molecular complexity index is 636. The predicted molar refractivity (Wildman–Crippen MR) is 76.5 cm³/mol. The highest BCUT2D eigenvalue weighted by Crippen LogP contribution is 2.52. The molecule has 0 aromatic carbocycles. The standard InChI is InChI=1S/C14H11ClN2O2S/c15-10-4-3-9(20-10)6-16-17-13(18)11-7-1-2-8(5-7)12(11)14(17)19/h1-4,6-8,11-12H,5H2. The quantitative estimate of drug-likeness (QED) is 0.479. The molecule has 2 bridgehead atoms. The lowest BCUT2D eigenvalue weighted by Crippen LogP contribution is -2.28. The summed E-state index contributed by atoms with van der Waals surface area (Å²) < 4.78 is 0.657. The van der Waals surface area contributed by atoms with Crippen molar-refractivity contribution in [3.05, 3.63) is 33.5 Å². The van der Waals surface area contributed by atoms with Gasteiger partial charge in [0.15, 0.2) is 0 Å². The molecule has 4 nitrogen and oxygen atoms in total. The summed E-state index contributed by atoms with van der Waals surface area (Å²) in [6, 6.07) is 3.58. The largest absolute Gasteiger partial charge is 0.272 e. The van der Waals surface area contributed by atoms with Crippen molar-refractivity contribution in [1.82, 2.24) is 5.01 Å². The van der Waals surface area contributed by atoms with E-state index in [4.69, 9.17) is 11.6 Å². The zero-order valence-corrected chi connectivity index (χ0v) is 12.0. The first-order valence-electron chi connectivity index (χ1n) is 6.50. The van der Waals surface area contributed by atoms with E-state index in [1.165, 1.54) is 17.6 Å². The molecule has 102 valence electrons. The highest BCUT2D eigenvalue weighted by Gasteiger charge is 2.59. The van der Waals surface area contributed by atoms with Crippen LogP contribution < -0.4 is 0 Å². The van der Waals surface area contributed by atoms with Crippen LogP contribution in [0.2, 0.25) is 4.34 Å². The molecule has 1 aromatic heterocycles. The van der Waals surface area contributed by atoms with Crippen molar-refractivity contribution < 1.29 is 9.59 Å². The number of imide groups is 1. The lowest BCUT2D eigenvalue weighted by Gasteiger charge is -2.13. The Morgan fingerprint density at radius 2 is 1.85 bits per heavy atom. The van der Waals surface area contributed by atoms with E-state index < -0.39 is 0 Å². The number of carbonyl (C=O) groups is 2. The van der Waals surface area contributed by atoms with Gasteiger partial charge in [-0.15, -0.1) is 11.3 Å². The maximum atomic E-state index is 12.3. The number of carbonyl (C=O) groups excluding carboxylic acids is 2. The first kappa shape index (κ1) is 12.3. The minimum Gasteiger partial charge on any atom is -0.272 e. The van der Waals surface area contributed by atoms with Crippen molar-refractivity contribution in [2.24, 2.45) is 28.8 Å².